The zero-order valence-corrected chi connectivity index (χ0v) is 15.8. The minimum absolute atomic E-state index is 0.0340. The maximum Gasteiger partial charge on any atom is 0.237 e. The van der Waals surface area contributed by atoms with E-state index in [0.717, 1.165) is 42.5 Å². The summed E-state index contributed by atoms with van der Waals surface area (Å²) in [4.78, 5) is 26.6. The van der Waals surface area contributed by atoms with Crippen LogP contribution < -0.4 is 10.6 Å². The van der Waals surface area contributed by atoms with Crippen molar-refractivity contribution in [1.29, 1.82) is 0 Å². The molecule has 1 aromatic rings. The summed E-state index contributed by atoms with van der Waals surface area (Å²) in [5, 5.41) is 5.75. The Bertz CT molecular complexity index is 546. The molecule has 2 N–H and O–H groups in total. The number of amides is 2. The summed E-state index contributed by atoms with van der Waals surface area (Å²) in [7, 11) is 0. The molecule has 1 saturated heterocycles. The van der Waals surface area contributed by atoms with Gasteiger partial charge >= 0.3 is 0 Å². The van der Waals surface area contributed by atoms with Gasteiger partial charge in [-0.2, -0.15) is 0 Å². The van der Waals surface area contributed by atoms with Crippen LogP contribution in [0.3, 0.4) is 0 Å². The van der Waals surface area contributed by atoms with E-state index in [1.807, 2.05) is 24.3 Å². The number of hydrogen-bond donors (Lipinski definition) is 2. The average molecular weight is 396 g/mol. The maximum absolute atomic E-state index is 12.4. The normalized spacial score (nSPS) is 18.2. The fourth-order valence-electron chi connectivity index (χ4n) is 3.02. The smallest absolute Gasteiger partial charge is 0.237 e. The Balaban J connectivity index is 1.73. The number of carbonyl (C=O) groups is 2. The van der Waals surface area contributed by atoms with Crippen molar-refractivity contribution in [1.82, 2.24) is 10.2 Å². The van der Waals surface area contributed by atoms with Crippen molar-refractivity contribution in [2.24, 2.45) is 0 Å². The first-order valence-corrected chi connectivity index (χ1v) is 9.46. The van der Waals surface area contributed by atoms with Gasteiger partial charge in [0, 0.05) is 23.1 Å². The number of piperidine rings is 1. The summed E-state index contributed by atoms with van der Waals surface area (Å²) >= 11 is 3.36. The summed E-state index contributed by atoms with van der Waals surface area (Å²) in [6, 6.07) is 7.40. The van der Waals surface area contributed by atoms with Crippen LogP contribution in [0, 0.1) is 0 Å². The van der Waals surface area contributed by atoms with E-state index >= 15 is 0 Å². The van der Waals surface area contributed by atoms with Crippen LogP contribution in [0.25, 0.3) is 0 Å². The third kappa shape index (κ3) is 5.91. The number of nitrogens with one attached hydrogen (secondary N) is 2. The van der Waals surface area contributed by atoms with Crippen LogP contribution in [0.5, 0.6) is 0 Å². The molecule has 0 bridgehead atoms. The van der Waals surface area contributed by atoms with Crippen LogP contribution in [-0.2, 0) is 9.59 Å². The molecule has 1 aromatic carbocycles. The summed E-state index contributed by atoms with van der Waals surface area (Å²) < 4.78 is 0.969. The van der Waals surface area contributed by atoms with Crippen LogP contribution in [0.2, 0.25) is 0 Å². The lowest BCUT2D eigenvalue weighted by molar-refractivity contribution is -0.127. The van der Waals surface area contributed by atoms with Gasteiger partial charge in [-0.25, -0.2) is 0 Å². The van der Waals surface area contributed by atoms with Crippen LogP contribution in [-0.4, -0.2) is 42.4 Å². The number of benzene rings is 1. The van der Waals surface area contributed by atoms with Crippen LogP contribution in [0.1, 0.15) is 39.0 Å². The lowest BCUT2D eigenvalue weighted by Gasteiger charge is -2.34. The van der Waals surface area contributed by atoms with Crippen LogP contribution in [0.15, 0.2) is 28.7 Å². The molecule has 1 aliphatic rings. The van der Waals surface area contributed by atoms with E-state index in [-0.39, 0.29) is 24.3 Å². The van der Waals surface area contributed by atoms with Crippen molar-refractivity contribution < 1.29 is 9.59 Å². The first-order valence-electron chi connectivity index (χ1n) is 8.67. The Kier molecular flexibility index (Phi) is 7.72. The van der Waals surface area contributed by atoms with Gasteiger partial charge in [0.25, 0.3) is 0 Å². The maximum atomic E-state index is 12.4. The third-order valence-electron chi connectivity index (χ3n) is 4.21. The highest BCUT2D eigenvalue weighted by Gasteiger charge is 2.27. The number of halogens is 1. The highest BCUT2D eigenvalue weighted by molar-refractivity contribution is 9.10. The zero-order valence-electron chi connectivity index (χ0n) is 14.2. The number of hydrogen-bond acceptors (Lipinski definition) is 3. The fourth-order valence-corrected chi connectivity index (χ4v) is 3.28. The molecule has 5 nitrogen and oxygen atoms in total. The van der Waals surface area contributed by atoms with Gasteiger partial charge in [-0.1, -0.05) is 29.3 Å². The molecule has 1 fully saturated rings. The zero-order chi connectivity index (χ0) is 17.4. The predicted octanol–water partition coefficient (Wildman–Crippen LogP) is 3.16. The molecule has 0 aliphatic carbocycles. The SMILES string of the molecule is CCCN1CCCCC1C(=O)NCCC(=O)Nc1ccc(Br)cc1. The van der Waals surface area contributed by atoms with Crippen molar-refractivity contribution in [2.75, 3.05) is 25.0 Å². The molecular weight excluding hydrogens is 370 g/mol. The van der Waals surface area contributed by atoms with Crippen molar-refractivity contribution in [3.8, 4) is 0 Å². The highest BCUT2D eigenvalue weighted by Crippen LogP contribution is 2.17. The number of carbonyl (C=O) groups excluding carboxylic acids is 2. The van der Waals surface area contributed by atoms with Crippen molar-refractivity contribution >= 4 is 33.4 Å². The van der Waals surface area contributed by atoms with E-state index in [2.05, 4.69) is 38.4 Å². The molecule has 0 spiro atoms. The molecule has 0 aromatic heterocycles. The van der Waals surface area contributed by atoms with E-state index in [0.29, 0.717) is 6.54 Å². The Hall–Kier alpha value is -1.40. The Morgan fingerprint density at radius 3 is 2.71 bits per heavy atom. The van der Waals surface area contributed by atoms with Crippen LogP contribution >= 0.6 is 15.9 Å². The first-order chi connectivity index (χ1) is 11.6. The van der Waals surface area contributed by atoms with Crippen LogP contribution in [0.4, 0.5) is 5.69 Å². The van der Waals surface area contributed by atoms with E-state index in [9.17, 15) is 9.59 Å². The Morgan fingerprint density at radius 1 is 1.25 bits per heavy atom. The monoisotopic (exact) mass is 395 g/mol. The van der Waals surface area contributed by atoms with Gasteiger partial charge in [0.1, 0.15) is 0 Å². The highest BCUT2D eigenvalue weighted by atomic mass is 79.9. The number of nitrogens with zero attached hydrogens (tertiary/aromatic N) is 1. The number of anilines is 1. The molecule has 132 valence electrons. The minimum atomic E-state index is -0.0910. The van der Waals surface area contributed by atoms with E-state index in [1.54, 1.807) is 0 Å². The molecular formula is C18H26BrN3O2. The minimum Gasteiger partial charge on any atom is -0.354 e. The molecule has 6 heteroatoms. The largest absolute Gasteiger partial charge is 0.354 e. The summed E-state index contributed by atoms with van der Waals surface area (Å²) in [5.74, 6) is -0.0359. The molecule has 24 heavy (non-hydrogen) atoms. The topological polar surface area (TPSA) is 61.4 Å². The first kappa shape index (κ1) is 18.9. The van der Waals surface area contributed by atoms with Crippen molar-refractivity contribution in [2.45, 2.75) is 45.1 Å². The van der Waals surface area contributed by atoms with Gasteiger partial charge in [0.2, 0.25) is 11.8 Å². The Labute approximate surface area is 152 Å². The second kappa shape index (κ2) is 9.79. The standard InChI is InChI=1S/C18H26BrN3O2/c1-2-12-22-13-4-3-5-16(22)18(24)20-11-10-17(23)21-15-8-6-14(19)7-9-15/h6-9,16H,2-5,10-13H2,1H3,(H,20,24)(H,21,23). The van der Waals surface area contributed by atoms with Crippen molar-refractivity contribution in [3.05, 3.63) is 28.7 Å². The van der Waals surface area contributed by atoms with E-state index in [4.69, 9.17) is 0 Å². The molecule has 0 radical (unpaired) electrons. The average Bonchev–Trinajstić information content (AvgIpc) is 2.57. The Morgan fingerprint density at radius 2 is 2.00 bits per heavy atom. The molecule has 1 heterocycles. The van der Waals surface area contributed by atoms with Crippen molar-refractivity contribution in [3.63, 3.8) is 0 Å². The van der Waals surface area contributed by atoms with E-state index < -0.39 is 0 Å². The summed E-state index contributed by atoms with van der Waals surface area (Å²) in [6.07, 6.45) is 4.51. The van der Waals surface area contributed by atoms with Gasteiger partial charge in [0.15, 0.2) is 0 Å². The fraction of sp³-hybridized carbons (Fsp3) is 0.556. The predicted molar refractivity (Wildman–Crippen MR) is 99.9 cm³/mol. The second-order valence-corrected chi connectivity index (χ2v) is 7.06. The van der Waals surface area contributed by atoms with Gasteiger partial charge < -0.3 is 10.6 Å². The lowest BCUT2D eigenvalue weighted by Crippen LogP contribution is -2.50. The molecule has 2 amide bonds. The lowest BCUT2D eigenvalue weighted by atomic mass is 10.0. The van der Waals surface area contributed by atoms with Gasteiger partial charge in [-0.3, -0.25) is 14.5 Å². The molecule has 1 atom stereocenters. The van der Waals surface area contributed by atoms with E-state index in [1.165, 1.54) is 6.42 Å². The molecule has 2 rings (SSSR count). The van der Waals surface area contributed by atoms with Gasteiger partial charge in [-0.15, -0.1) is 0 Å². The number of likely N-dealkylation sites (tertiary alicyclic amines) is 1. The van der Waals surface area contributed by atoms with Gasteiger partial charge in [-0.05, 0) is 56.6 Å². The molecule has 0 saturated carbocycles. The third-order valence-corrected chi connectivity index (χ3v) is 4.74. The quantitative estimate of drug-likeness (QED) is 0.745. The van der Waals surface area contributed by atoms with Gasteiger partial charge in [0.05, 0.1) is 6.04 Å². The summed E-state index contributed by atoms with van der Waals surface area (Å²) in [5.41, 5.74) is 0.760. The number of rotatable bonds is 7. The second-order valence-electron chi connectivity index (χ2n) is 6.14. The molecule has 1 unspecified atom stereocenters. The molecule has 1 aliphatic heterocycles. The summed E-state index contributed by atoms with van der Waals surface area (Å²) in [6.45, 7) is 4.46.